The molecule has 0 bridgehead atoms. The summed E-state index contributed by atoms with van der Waals surface area (Å²) in [4.78, 5) is 2.74. The number of hydrogen-bond donors (Lipinski definition) is 0. The zero-order chi connectivity index (χ0) is 5.82. The Hall–Kier alpha value is -0.690. The van der Waals surface area contributed by atoms with E-state index in [1.165, 1.54) is 12.8 Å². The van der Waals surface area contributed by atoms with Crippen LogP contribution in [0.25, 0.3) is 10.4 Å². The highest BCUT2D eigenvalue weighted by molar-refractivity contribution is 4.72. The van der Waals surface area contributed by atoms with Crippen LogP contribution in [0.2, 0.25) is 0 Å². The van der Waals surface area contributed by atoms with E-state index in [2.05, 4.69) is 10.0 Å². The second-order valence-electron chi connectivity index (χ2n) is 2.14. The Morgan fingerprint density at radius 3 is 2.50 bits per heavy atom. The minimum absolute atomic E-state index is 0.319. The van der Waals surface area contributed by atoms with Crippen LogP contribution < -0.4 is 0 Å². The Morgan fingerprint density at radius 2 is 2.00 bits per heavy atom. The van der Waals surface area contributed by atoms with Crippen LogP contribution in [0.1, 0.15) is 25.7 Å². The molecule has 44 valence electrons. The van der Waals surface area contributed by atoms with Gasteiger partial charge >= 0.3 is 0 Å². The molecule has 0 N–H and O–H groups in total. The van der Waals surface area contributed by atoms with Gasteiger partial charge in [0.2, 0.25) is 0 Å². The first-order valence-corrected chi connectivity index (χ1v) is 2.97. The summed E-state index contributed by atoms with van der Waals surface area (Å²) in [6, 6.07) is 0.319. The van der Waals surface area contributed by atoms with Crippen molar-refractivity contribution in [2.24, 2.45) is 5.11 Å². The van der Waals surface area contributed by atoms with E-state index in [0.717, 1.165) is 12.8 Å². The Morgan fingerprint density at radius 1 is 1.38 bits per heavy atom. The van der Waals surface area contributed by atoms with Crippen LogP contribution in [0, 0.1) is 0 Å². The maximum Gasteiger partial charge on any atom is 0.0374 e. The molecule has 0 atom stereocenters. The van der Waals surface area contributed by atoms with Gasteiger partial charge in [0.05, 0.1) is 0 Å². The average Bonchev–Trinajstić information content (AvgIpc) is 2.19. The molecule has 1 saturated carbocycles. The number of rotatable bonds is 1. The van der Waals surface area contributed by atoms with E-state index < -0.39 is 0 Å². The molecule has 0 aromatic heterocycles. The van der Waals surface area contributed by atoms with E-state index in [9.17, 15) is 0 Å². The largest absolute Gasteiger partial charge is 0.0906 e. The minimum Gasteiger partial charge on any atom is -0.0906 e. The first kappa shape index (κ1) is 5.45. The third-order valence-electron chi connectivity index (χ3n) is 1.54. The maximum atomic E-state index is 7.98. The summed E-state index contributed by atoms with van der Waals surface area (Å²) >= 11 is 0. The second-order valence-corrected chi connectivity index (χ2v) is 2.14. The van der Waals surface area contributed by atoms with Crippen molar-refractivity contribution in [3.05, 3.63) is 10.4 Å². The second kappa shape index (κ2) is 2.58. The smallest absolute Gasteiger partial charge is 0.0374 e. The Kier molecular flexibility index (Phi) is 1.75. The summed E-state index contributed by atoms with van der Waals surface area (Å²) in [5.41, 5.74) is 7.98. The number of azide groups is 1. The maximum absolute atomic E-state index is 7.98. The minimum atomic E-state index is 0.319. The molecule has 3 nitrogen and oxygen atoms in total. The molecular formula is C5H9N3. The van der Waals surface area contributed by atoms with Crippen LogP contribution in [0.3, 0.4) is 0 Å². The molecule has 0 aromatic rings. The molecule has 0 aliphatic heterocycles. The van der Waals surface area contributed by atoms with Gasteiger partial charge in [0.1, 0.15) is 0 Å². The predicted molar refractivity (Wildman–Crippen MR) is 31.4 cm³/mol. The van der Waals surface area contributed by atoms with Crippen molar-refractivity contribution in [2.45, 2.75) is 31.7 Å². The molecule has 0 unspecified atom stereocenters. The van der Waals surface area contributed by atoms with Gasteiger partial charge in [0, 0.05) is 11.0 Å². The highest BCUT2D eigenvalue weighted by atomic mass is 15.1. The van der Waals surface area contributed by atoms with Crippen molar-refractivity contribution in [3.8, 4) is 0 Å². The molecular weight excluding hydrogens is 102 g/mol. The van der Waals surface area contributed by atoms with E-state index in [1.807, 2.05) is 0 Å². The first-order valence-electron chi connectivity index (χ1n) is 2.97. The van der Waals surface area contributed by atoms with E-state index in [-0.39, 0.29) is 0 Å². The van der Waals surface area contributed by atoms with Gasteiger partial charge in [-0.25, -0.2) is 0 Å². The van der Waals surface area contributed by atoms with Crippen molar-refractivity contribution in [3.63, 3.8) is 0 Å². The highest BCUT2D eigenvalue weighted by Gasteiger charge is 2.11. The van der Waals surface area contributed by atoms with Gasteiger partial charge in [0.25, 0.3) is 0 Å². The van der Waals surface area contributed by atoms with E-state index >= 15 is 0 Å². The molecule has 0 amide bonds. The van der Waals surface area contributed by atoms with Crippen molar-refractivity contribution < 1.29 is 0 Å². The molecule has 3 heteroatoms. The summed E-state index contributed by atoms with van der Waals surface area (Å²) in [7, 11) is 0. The summed E-state index contributed by atoms with van der Waals surface area (Å²) in [6.45, 7) is 0. The van der Waals surface area contributed by atoms with E-state index in [0.29, 0.717) is 6.04 Å². The normalized spacial score (nSPS) is 20.5. The lowest BCUT2D eigenvalue weighted by Crippen LogP contribution is -1.91. The molecule has 1 aliphatic carbocycles. The van der Waals surface area contributed by atoms with E-state index in [1.54, 1.807) is 0 Å². The monoisotopic (exact) mass is 111 g/mol. The number of hydrogen-bond acceptors (Lipinski definition) is 1. The fourth-order valence-electron chi connectivity index (χ4n) is 1.09. The highest BCUT2D eigenvalue weighted by Crippen LogP contribution is 2.20. The summed E-state index contributed by atoms with van der Waals surface area (Å²) < 4.78 is 0. The Balaban J connectivity index is 2.35. The van der Waals surface area contributed by atoms with Crippen molar-refractivity contribution in [1.29, 1.82) is 0 Å². The summed E-state index contributed by atoms with van der Waals surface area (Å²) in [5.74, 6) is 0. The molecule has 1 fully saturated rings. The topological polar surface area (TPSA) is 48.8 Å². The Labute approximate surface area is 48.3 Å². The van der Waals surface area contributed by atoms with Gasteiger partial charge in [-0.05, 0) is 18.4 Å². The molecule has 0 radical (unpaired) electrons. The van der Waals surface area contributed by atoms with Crippen molar-refractivity contribution in [2.75, 3.05) is 0 Å². The summed E-state index contributed by atoms with van der Waals surface area (Å²) in [5, 5.41) is 3.60. The third kappa shape index (κ3) is 1.14. The zero-order valence-electron chi connectivity index (χ0n) is 4.75. The zero-order valence-corrected chi connectivity index (χ0v) is 4.75. The van der Waals surface area contributed by atoms with Gasteiger partial charge in [-0.15, -0.1) is 0 Å². The van der Waals surface area contributed by atoms with Crippen LogP contribution >= 0.6 is 0 Å². The predicted octanol–water partition coefficient (Wildman–Crippen LogP) is 2.24. The SMILES string of the molecule is [N-]=[N+]=NC1CCCC1. The standard InChI is InChI=1S/C5H9N3/c6-8-7-5-3-1-2-4-5/h5H,1-4H2. The number of nitrogens with zero attached hydrogens (tertiary/aromatic N) is 3. The lowest BCUT2D eigenvalue weighted by atomic mass is 10.3. The van der Waals surface area contributed by atoms with Crippen LogP contribution in [-0.2, 0) is 0 Å². The van der Waals surface area contributed by atoms with Gasteiger partial charge in [-0.3, -0.25) is 0 Å². The van der Waals surface area contributed by atoms with Crippen LogP contribution in [-0.4, -0.2) is 6.04 Å². The molecule has 8 heavy (non-hydrogen) atoms. The molecule has 1 aliphatic rings. The molecule has 0 spiro atoms. The van der Waals surface area contributed by atoms with Gasteiger partial charge in [-0.2, -0.15) is 0 Å². The fourth-order valence-corrected chi connectivity index (χ4v) is 1.09. The molecule has 0 aromatic carbocycles. The van der Waals surface area contributed by atoms with Crippen LogP contribution in [0.15, 0.2) is 5.11 Å². The summed E-state index contributed by atoms with van der Waals surface area (Å²) in [6.07, 6.45) is 4.68. The van der Waals surface area contributed by atoms with Crippen LogP contribution in [0.5, 0.6) is 0 Å². The lowest BCUT2D eigenvalue weighted by molar-refractivity contribution is 0.698. The van der Waals surface area contributed by atoms with Gasteiger partial charge in [0.15, 0.2) is 0 Å². The molecule has 1 rings (SSSR count). The first-order chi connectivity index (χ1) is 3.93. The van der Waals surface area contributed by atoms with Crippen LogP contribution in [0.4, 0.5) is 0 Å². The van der Waals surface area contributed by atoms with Crippen molar-refractivity contribution >= 4 is 0 Å². The van der Waals surface area contributed by atoms with E-state index in [4.69, 9.17) is 5.53 Å². The average molecular weight is 111 g/mol. The molecule has 0 heterocycles. The van der Waals surface area contributed by atoms with Gasteiger partial charge in [-0.1, -0.05) is 18.0 Å². The van der Waals surface area contributed by atoms with Crippen molar-refractivity contribution in [1.82, 2.24) is 0 Å². The Bertz CT molecular complexity index is 109. The molecule has 0 saturated heterocycles. The lowest BCUT2D eigenvalue weighted by Gasteiger charge is -1.92. The fraction of sp³-hybridized carbons (Fsp3) is 1.00. The third-order valence-corrected chi connectivity index (χ3v) is 1.54. The van der Waals surface area contributed by atoms with Gasteiger partial charge < -0.3 is 0 Å². The quantitative estimate of drug-likeness (QED) is 0.283.